The highest BCUT2D eigenvalue weighted by molar-refractivity contribution is 6.96. The Bertz CT molecular complexity index is 3820. The number of hydrogen-bond acceptors (Lipinski definition) is 0. The first-order chi connectivity index (χ1) is 49.9. The van der Waals surface area contributed by atoms with Crippen molar-refractivity contribution in [3.05, 3.63) is 233 Å². The molecule has 0 aliphatic carbocycles. The SMILES string of the molecule is CC(C)(C)c1cc(C(C)(C)C)[nH+]c(C(C)(C)C)c1.CC(C)(C)c1cc(C(C)(C)C)[nH+]c(C(C)(C)C)c1.CCCCCC.Fc1c(F)c(F)c([BH-](c2c(F)c(F)c(F)c(F)c2F)c2c(F)c(F)c(F)c(F)c2F)c(F)c1F.Fc1c(F)c(F)c([BH-](c2c(F)c(F)c(F)c(F)c2F)c2c(F)c(F)c(F)c(F)c2F)c(F)c1F. The summed E-state index contributed by atoms with van der Waals surface area (Å²) in [6, 6.07) is 9.31. The molecular formula is C76H76B2F30N2. The van der Waals surface area contributed by atoms with Crippen molar-refractivity contribution in [2.75, 3.05) is 0 Å². The van der Waals surface area contributed by atoms with Gasteiger partial charge < -0.3 is 0 Å². The van der Waals surface area contributed by atoms with E-state index >= 15 is 0 Å². The number of rotatable bonds is 9. The van der Waals surface area contributed by atoms with E-state index in [-0.39, 0.29) is 32.5 Å². The van der Waals surface area contributed by atoms with Gasteiger partial charge in [0, 0.05) is 45.9 Å². The zero-order chi connectivity index (χ0) is 85.5. The molecule has 8 rings (SSSR count). The Hall–Kier alpha value is -8.35. The Morgan fingerprint density at radius 2 is 0.300 bits per heavy atom. The maximum absolute atomic E-state index is 14.4. The van der Waals surface area contributed by atoms with Gasteiger partial charge in [-0.05, 0) is 22.0 Å². The van der Waals surface area contributed by atoms with Crippen molar-refractivity contribution in [2.24, 2.45) is 0 Å². The van der Waals surface area contributed by atoms with Gasteiger partial charge in [-0.25, -0.2) is 142 Å². The van der Waals surface area contributed by atoms with Gasteiger partial charge in [0.25, 0.3) is 0 Å². The van der Waals surface area contributed by atoms with Crippen LogP contribution in [0.4, 0.5) is 132 Å². The summed E-state index contributed by atoms with van der Waals surface area (Å²) in [4.78, 5) is 7.27. The minimum absolute atomic E-state index is 0.154. The molecule has 0 aliphatic rings. The lowest BCUT2D eigenvalue weighted by Crippen LogP contribution is -2.60. The number of pyridine rings is 2. The second-order valence-electron chi connectivity index (χ2n) is 32.0. The quantitative estimate of drug-likeness (QED) is 0.0453. The highest BCUT2D eigenvalue weighted by Crippen LogP contribution is 2.34. The molecule has 0 fully saturated rings. The average molecular weight is 1610 g/mol. The van der Waals surface area contributed by atoms with Crippen LogP contribution in [0.5, 0.6) is 0 Å². The molecule has 0 spiro atoms. The Kier molecular flexibility index (Phi) is 29.7. The van der Waals surface area contributed by atoms with E-state index in [0.717, 1.165) is 0 Å². The Morgan fingerprint density at radius 3 is 0.391 bits per heavy atom. The molecule has 0 unspecified atom stereocenters. The zero-order valence-electron chi connectivity index (χ0n) is 62.9. The van der Waals surface area contributed by atoms with Crippen molar-refractivity contribution in [3.8, 4) is 0 Å². The maximum Gasteiger partial charge on any atom is 0.200 e. The molecule has 0 bridgehead atoms. The lowest BCUT2D eigenvalue weighted by atomic mass is 9.36. The van der Waals surface area contributed by atoms with Crippen LogP contribution in [-0.4, -0.2) is 13.4 Å². The molecule has 0 saturated heterocycles. The molecular weight excluding hydrogens is 1530 g/mol. The molecule has 2 nitrogen and oxygen atoms in total. The van der Waals surface area contributed by atoms with Crippen molar-refractivity contribution >= 4 is 46.2 Å². The van der Waals surface area contributed by atoms with Crippen LogP contribution in [-0.2, 0) is 32.5 Å². The predicted octanol–water partition coefficient (Wildman–Crippen LogP) is 19.4. The van der Waals surface area contributed by atoms with E-state index in [2.05, 4.69) is 173 Å². The third kappa shape index (κ3) is 19.6. The first-order valence-electron chi connectivity index (χ1n) is 33.5. The highest BCUT2D eigenvalue weighted by Gasteiger charge is 2.41. The van der Waals surface area contributed by atoms with Gasteiger partial charge in [0.1, 0.15) is 69.8 Å². The van der Waals surface area contributed by atoms with Gasteiger partial charge in [-0.3, -0.25) is 0 Å². The van der Waals surface area contributed by atoms with E-state index in [1.807, 2.05) is 0 Å². The van der Waals surface area contributed by atoms with Gasteiger partial charge in [0.2, 0.25) is 0 Å². The number of halogens is 30. The molecule has 110 heavy (non-hydrogen) atoms. The van der Waals surface area contributed by atoms with E-state index in [4.69, 9.17) is 0 Å². The van der Waals surface area contributed by atoms with Crippen LogP contribution in [0.15, 0.2) is 24.3 Å². The largest absolute Gasteiger partial charge is 0.212 e. The molecule has 606 valence electrons. The molecule has 0 saturated carbocycles. The number of H-pyrrole nitrogens is 2. The van der Waals surface area contributed by atoms with Crippen LogP contribution >= 0.6 is 0 Å². The van der Waals surface area contributed by atoms with Crippen molar-refractivity contribution in [1.29, 1.82) is 0 Å². The van der Waals surface area contributed by atoms with E-state index in [0.29, 0.717) is 0 Å². The summed E-state index contributed by atoms with van der Waals surface area (Å²) in [5.41, 5.74) is -6.47. The molecule has 0 aliphatic heterocycles. The number of aromatic nitrogens is 2. The molecule has 6 aromatic carbocycles. The number of benzene rings is 6. The van der Waals surface area contributed by atoms with Gasteiger partial charge in [0.05, 0.1) is 13.4 Å². The van der Waals surface area contributed by atoms with Gasteiger partial charge in [-0.15, -0.1) is 32.8 Å². The molecule has 2 heterocycles. The van der Waals surface area contributed by atoms with E-state index in [9.17, 15) is 132 Å². The number of aromatic amines is 2. The topological polar surface area (TPSA) is 28.3 Å². The predicted molar refractivity (Wildman–Crippen MR) is 358 cm³/mol. The van der Waals surface area contributed by atoms with Crippen LogP contribution in [0.3, 0.4) is 0 Å². The molecule has 34 heteroatoms. The number of hydrogen-bond donors (Lipinski definition) is 0. The first-order valence-corrected chi connectivity index (χ1v) is 33.5. The van der Waals surface area contributed by atoms with Crippen LogP contribution in [0, 0.1) is 175 Å². The van der Waals surface area contributed by atoms with Gasteiger partial charge in [-0.1, -0.05) is 164 Å². The minimum atomic E-state index is -5.16. The van der Waals surface area contributed by atoms with Crippen LogP contribution < -0.4 is 42.7 Å². The van der Waals surface area contributed by atoms with Gasteiger partial charge >= 0.3 is 0 Å². The normalized spacial score (nSPS) is 12.2. The Balaban J connectivity index is 0.000000313. The van der Waals surface area contributed by atoms with Gasteiger partial charge in [0.15, 0.2) is 127 Å². The zero-order valence-corrected chi connectivity index (χ0v) is 62.9. The summed E-state index contributed by atoms with van der Waals surface area (Å²) in [5, 5.41) is 0. The summed E-state index contributed by atoms with van der Waals surface area (Å²) in [6.45, 7) is 35.0. The molecule has 2 N–H and O–H groups in total. The fourth-order valence-corrected chi connectivity index (χ4v) is 10.9. The van der Waals surface area contributed by atoms with E-state index < -0.39 is 221 Å². The second kappa shape index (κ2) is 34.7. The highest BCUT2D eigenvalue weighted by atomic mass is 19.2. The smallest absolute Gasteiger partial charge is 0.200 e. The molecule has 2 aromatic heterocycles. The third-order valence-electron chi connectivity index (χ3n) is 17.6. The summed E-state index contributed by atoms with van der Waals surface area (Å²) in [7, 11) is 0. The maximum atomic E-state index is 14.4. The van der Waals surface area contributed by atoms with Crippen molar-refractivity contribution in [1.82, 2.24) is 0 Å². The van der Waals surface area contributed by atoms with Crippen molar-refractivity contribution in [2.45, 2.75) is 197 Å². The van der Waals surface area contributed by atoms with Gasteiger partial charge in [-0.2, -0.15) is 0 Å². The minimum Gasteiger partial charge on any atom is -0.212 e. The standard InChI is InChI=1S/2C18HBF15.2C17H29N.C6H14/c2*20-4-1(5(21)11(27)16(32)10(4)26)19(2-6(22)12(28)17(33)13(29)7(2)23)3-8(24)14(30)18(34)15(31)9(3)25;2*1-15(2,3)12-10-13(16(4,5)6)18-14(11-12)17(7,8)9;1-3-5-6-4-2/h2*19H;2*10-11H,1-9H3;3-6H2,1-2H3/q2*-1;;;/p+2. The molecule has 0 atom stereocenters. The van der Waals surface area contributed by atoms with Crippen molar-refractivity contribution < 1.29 is 142 Å². The first kappa shape index (κ1) is 94.0. The summed E-state index contributed by atoms with van der Waals surface area (Å²) in [6.07, 6.45) is 5.54. The van der Waals surface area contributed by atoms with E-state index in [1.54, 1.807) is 0 Å². The molecule has 0 radical (unpaired) electrons. The van der Waals surface area contributed by atoms with Crippen LogP contribution in [0.25, 0.3) is 0 Å². The lowest BCUT2D eigenvalue weighted by molar-refractivity contribution is -0.414. The monoisotopic (exact) mass is 1610 g/mol. The van der Waals surface area contributed by atoms with Crippen molar-refractivity contribution in [3.63, 3.8) is 0 Å². The Labute approximate surface area is 615 Å². The average Bonchev–Trinajstić information content (AvgIpc) is 0.733. The number of unbranched alkanes of at least 4 members (excludes halogenated alkanes) is 3. The molecule has 8 aromatic rings. The third-order valence-corrected chi connectivity index (χ3v) is 17.6. The molecule has 0 amide bonds. The summed E-state index contributed by atoms with van der Waals surface area (Å²) >= 11 is 0. The Morgan fingerprint density at radius 1 is 0.191 bits per heavy atom. The van der Waals surface area contributed by atoms with Crippen LogP contribution in [0.2, 0.25) is 0 Å². The summed E-state index contributed by atoms with van der Waals surface area (Å²) < 4.78 is 418. The van der Waals surface area contributed by atoms with Crippen LogP contribution in [0.1, 0.15) is 198 Å². The van der Waals surface area contributed by atoms with E-state index in [1.165, 1.54) is 59.6 Å². The fraction of sp³-hybridized carbons (Fsp3) is 0.395. The fourth-order valence-electron chi connectivity index (χ4n) is 10.9. The second-order valence-corrected chi connectivity index (χ2v) is 32.0. The lowest BCUT2D eigenvalue weighted by Gasteiger charge is -2.30. The number of nitrogens with one attached hydrogen (secondary N) is 2. The summed E-state index contributed by atoms with van der Waals surface area (Å²) in [5.74, 6) is -89.7.